The van der Waals surface area contributed by atoms with Crippen molar-refractivity contribution < 1.29 is 9.59 Å². The highest BCUT2D eigenvalue weighted by Gasteiger charge is 2.19. The number of primary amides is 1. The lowest BCUT2D eigenvalue weighted by atomic mass is 9.99. The van der Waals surface area contributed by atoms with Crippen LogP contribution < -0.4 is 16.4 Å². The van der Waals surface area contributed by atoms with Crippen molar-refractivity contribution in [2.75, 3.05) is 19.6 Å². The fourth-order valence-corrected chi connectivity index (χ4v) is 1.32. The molecule has 1 rings (SSSR count). The molecule has 14 heavy (non-hydrogen) atoms. The van der Waals surface area contributed by atoms with Gasteiger partial charge in [0.25, 0.3) is 0 Å². The molecule has 0 atom stereocenters. The maximum atomic E-state index is 11.2. The van der Waals surface area contributed by atoms with Crippen molar-refractivity contribution in [2.45, 2.75) is 19.3 Å². The number of hydrogen-bond acceptors (Lipinski definition) is 3. The van der Waals surface area contributed by atoms with E-state index in [1.807, 2.05) is 0 Å². The quantitative estimate of drug-likeness (QED) is 0.479. The van der Waals surface area contributed by atoms with E-state index in [1.165, 1.54) is 0 Å². The summed E-state index contributed by atoms with van der Waals surface area (Å²) < 4.78 is 0. The molecule has 5 heteroatoms. The van der Waals surface area contributed by atoms with Crippen LogP contribution in [0.1, 0.15) is 19.3 Å². The van der Waals surface area contributed by atoms with Gasteiger partial charge < -0.3 is 16.4 Å². The molecule has 0 spiro atoms. The van der Waals surface area contributed by atoms with Crippen LogP contribution >= 0.6 is 0 Å². The third-order valence-corrected chi connectivity index (χ3v) is 2.26. The second-order valence-electron chi connectivity index (χ2n) is 3.65. The van der Waals surface area contributed by atoms with E-state index in [2.05, 4.69) is 10.6 Å². The van der Waals surface area contributed by atoms with Gasteiger partial charge in [-0.3, -0.25) is 9.59 Å². The van der Waals surface area contributed by atoms with Gasteiger partial charge in [-0.15, -0.1) is 0 Å². The van der Waals surface area contributed by atoms with Crippen molar-refractivity contribution in [1.29, 1.82) is 0 Å². The Morgan fingerprint density at radius 3 is 2.64 bits per heavy atom. The van der Waals surface area contributed by atoms with Gasteiger partial charge in [-0.2, -0.15) is 0 Å². The summed E-state index contributed by atoms with van der Waals surface area (Å²) >= 11 is 0. The van der Waals surface area contributed by atoms with Crippen molar-refractivity contribution in [3.05, 3.63) is 0 Å². The van der Waals surface area contributed by atoms with Crippen LogP contribution in [0.5, 0.6) is 0 Å². The maximum absolute atomic E-state index is 11.2. The molecule has 0 aromatic carbocycles. The van der Waals surface area contributed by atoms with E-state index in [0.29, 0.717) is 31.7 Å². The highest BCUT2D eigenvalue weighted by molar-refractivity contribution is 5.76. The first-order valence-electron chi connectivity index (χ1n) is 4.94. The fraction of sp³-hybridized carbons (Fsp3) is 0.778. The van der Waals surface area contributed by atoms with Crippen LogP contribution in [0.15, 0.2) is 0 Å². The molecule has 1 aliphatic rings. The number of nitrogens with one attached hydrogen (secondary N) is 2. The Morgan fingerprint density at radius 1 is 1.43 bits per heavy atom. The van der Waals surface area contributed by atoms with Gasteiger partial charge in [0.15, 0.2) is 0 Å². The standard InChI is InChI=1S/C9H17N3O2/c10-8(13)2-1-3-12-9(14)4-7-5-11-6-7/h7,11H,1-6H2,(H2,10,13)(H,12,14). The molecule has 2 amide bonds. The van der Waals surface area contributed by atoms with Gasteiger partial charge in [0.2, 0.25) is 11.8 Å². The summed E-state index contributed by atoms with van der Waals surface area (Å²) in [6, 6.07) is 0. The molecule has 1 fully saturated rings. The predicted octanol–water partition coefficient (Wildman–Crippen LogP) is -1.02. The Bertz CT molecular complexity index is 214. The molecule has 0 aromatic heterocycles. The van der Waals surface area contributed by atoms with Gasteiger partial charge in [-0.25, -0.2) is 0 Å². The third kappa shape index (κ3) is 4.23. The highest BCUT2D eigenvalue weighted by Crippen LogP contribution is 2.07. The Labute approximate surface area is 83.4 Å². The summed E-state index contributed by atoms with van der Waals surface area (Å²) in [4.78, 5) is 21.6. The van der Waals surface area contributed by atoms with Crippen LogP contribution in [0.3, 0.4) is 0 Å². The average molecular weight is 199 g/mol. The number of carbonyl (C=O) groups is 2. The second kappa shape index (κ2) is 5.59. The van der Waals surface area contributed by atoms with Crippen molar-refractivity contribution in [3.8, 4) is 0 Å². The van der Waals surface area contributed by atoms with Gasteiger partial charge in [0.1, 0.15) is 0 Å². The van der Waals surface area contributed by atoms with E-state index >= 15 is 0 Å². The predicted molar refractivity (Wildman–Crippen MR) is 52.4 cm³/mol. The van der Waals surface area contributed by atoms with Crippen LogP contribution in [0.2, 0.25) is 0 Å². The SMILES string of the molecule is NC(=O)CCCNC(=O)CC1CNC1. The molecule has 0 bridgehead atoms. The molecular formula is C9H17N3O2. The minimum absolute atomic E-state index is 0.0703. The molecule has 0 saturated carbocycles. The zero-order valence-electron chi connectivity index (χ0n) is 8.21. The Morgan fingerprint density at radius 2 is 2.14 bits per heavy atom. The molecule has 1 heterocycles. The molecule has 1 aliphatic heterocycles. The van der Waals surface area contributed by atoms with Crippen molar-refractivity contribution >= 4 is 11.8 Å². The minimum atomic E-state index is -0.317. The monoisotopic (exact) mass is 199 g/mol. The summed E-state index contributed by atoms with van der Waals surface area (Å²) in [5.41, 5.74) is 4.96. The molecule has 4 N–H and O–H groups in total. The van der Waals surface area contributed by atoms with Crippen molar-refractivity contribution in [3.63, 3.8) is 0 Å². The molecule has 5 nitrogen and oxygen atoms in total. The van der Waals surface area contributed by atoms with Crippen LogP contribution in [0, 0.1) is 5.92 Å². The largest absolute Gasteiger partial charge is 0.370 e. The van der Waals surface area contributed by atoms with Gasteiger partial charge in [-0.05, 0) is 25.4 Å². The van der Waals surface area contributed by atoms with E-state index in [1.54, 1.807) is 0 Å². The second-order valence-corrected chi connectivity index (χ2v) is 3.65. The lowest BCUT2D eigenvalue weighted by Crippen LogP contribution is -2.44. The summed E-state index contributed by atoms with van der Waals surface area (Å²) in [5, 5.41) is 5.87. The number of hydrogen-bond donors (Lipinski definition) is 3. The van der Waals surface area contributed by atoms with Crippen LogP contribution in [0.4, 0.5) is 0 Å². The smallest absolute Gasteiger partial charge is 0.220 e. The fourth-order valence-electron chi connectivity index (χ4n) is 1.32. The normalized spacial score (nSPS) is 16.0. The summed E-state index contributed by atoms with van der Waals surface area (Å²) in [5.74, 6) is 0.245. The number of carbonyl (C=O) groups excluding carboxylic acids is 2. The van der Waals surface area contributed by atoms with Crippen LogP contribution in [-0.4, -0.2) is 31.4 Å². The average Bonchev–Trinajstić information content (AvgIpc) is 2.05. The van der Waals surface area contributed by atoms with Gasteiger partial charge >= 0.3 is 0 Å². The van der Waals surface area contributed by atoms with Gasteiger partial charge in [0.05, 0.1) is 0 Å². The lowest BCUT2D eigenvalue weighted by molar-refractivity contribution is -0.123. The molecule has 0 unspecified atom stereocenters. The first-order chi connectivity index (χ1) is 6.68. The molecule has 1 saturated heterocycles. The first kappa shape index (κ1) is 11.0. The van der Waals surface area contributed by atoms with E-state index in [0.717, 1.165) is 13.1 Å². The highest BCUT2D eigenvalue weighted by atomic mass is 16.2. The number of rotatable bonds is 6. The Hall–Kier alpha value is -1.10. The number of amides is 2. The topological polar surface area (TPSA) is 84.2 Å². The minimum Gasteiger partial charge on any atom is -0.370 e. The van der Waals surface area contributed by atoms with Crippen LogP contribution in [-0.2, 0) is 9.59 Å². The zero-order chi connectivity index (χ0) is 10.4. The van der Waals surface area contributed by atoms with Gasteiger partial charge in [0, 0.05) is 19.4 Å². The molecular weight excluding hydrogens is 182 g/mol. The zero-order valence-corrected chi connectivity index (χ0v) is 8.21. The lowest BCUT2D eigenvalue weighted by Gasteiger charge is -2.26. The van der Waals surface area contributed by atoms with Crippen molar-refractivity contribution in [1.82, 2.24) is 10.6 Å². The summed E-state index contributed by atoms with van der Waals surface area (Å²) in [6.45, 7) is 2.42. The molecule has 80 valence electrons. The van der Waals surface area contributed by atoms with E-state index in [4.69, 9.17) is 5.73 Å². The number of nitrogens with two attached hydrogens (primary N) is 1. The molecule has 0 aromatic rings. The van der Waals surface area contributed by atoms with E-state index < -0.39 is 0 Å². The van der Waals surface area contributed by atoms with Crippen LogP contribution in [0.25, 0.3) is 0 Å². The van der Waals surface area contributed by atoms with E-state index in [-0.39, 0.29) is 11.8 Å². The van der Waals surface area contributed by atoms with Gasteiger partial charge in [-0.1, -0.05) is 0 Å². The summed E-state index contributed by atoms with van der Waals surface area (Å²) in [6.07, 6.45) is 1.55. The van der Waals surface area contributed by atoms with Crippen molar-refractivity contribution in [2.24, 2.45) is 11.7 Å². The molecule has 0 radical (unpaired) electrons. The van der Waals surface area contributed by atoms with E-state index in [9.17, 15) is 9.59 Å². The Balaban J connectivity index is 1.94. The maximum Gasteiger partial charge on any atom is 0.220 e. The third-order valence-electron chi connectivity index (χ3n) is 2.26. The molecule has 0 aliphatic carbocycles. The first-order valence-corrected chi connectivity index (χ1v) is 4.94. The Kier molecular flexibility index (Phi) is 4.39. The summed E-state index contributed by atoms with van der Waals surface area (Å²) in [7, 11) is 0.